The molecule has 2 atom stereocenters. The van der Waals surface area contributed by atoms with Crippen LogP contribution in [0, 0.1) is 0 Å². The number of amides is 1. The van der Waals surface area contributed by atoms with Gasteiger partial charge in [0.2, 0.25) is 5.88 Å². The zero-order valence-electron chi connectivity index (χ0n) is 15.8. The molecule has 1 aliphatic rings. The van der Waals surface area contributed by atoms with Crippen LogP contribution in [0.1, 0.15) is 27.2 Å². The summed E-state index contributed by atoms with van der Waals surface area (Å²) in [6, 6.07) is 6.69. The largest absolute Gasteiger partial charge is 0.471 e. The van der Waals surface area contributed by atoms with Crippen molar-refractivity contribution in [2.45, 2.75) is 44.9 Å². The Hall–Kier alpha value is -2.90. The molecule has 3 rings (SSSR count). The van der Waals surface area contributed by atoms with E-state index in [2.05, 4.69) is 9.97 Å². The molecule has 8 heteroatoms. The molecule has 1 saturated heterocycles. The van der Waals surface area contributed by atoms with E-state index in [1.54, 1.807) is 20.8 Å². The number of ether oxygens (including phenoxy) is 3. The number of likely N-dealkylation sites (tertiary alicyclic amines) is 1. The third kappa shape index (κ3) is 4.45. The van der Waals surface area contributed by atoms with Crippen LogP contribution in [0.3, 0.4) is 0 Å². The molecule has 1 fully saturated rings. The molecule has 0 aliphatic carbocycles. The summed E-state index contributed by atoms with van der Waals surface area (Å²) in [5.41, 5.74) is 0.807. The number of aromatic nitrogens is 2. The Morgan fingerprint density at radius 3 is 2.56 bits per heavy atom. The third-order valence-corrected chi connectivity index (χ3v) is 4.08. The molecule has 0 radical (unpaired) electrons. The van der Waals surface area contributed by atoms with Gasteiger partial charge in [-0.1, -0.05) is 12.1 Å². The highest BCUT2D eigenvalue weighted by Crippen LogP contribution is 2.25. The fourth-order valence-electron chi connectivity index (χ4n) is 2.93. The van der Waals surface area contributed by atoms with E-state index in [1.807, 2.05) is 24.3 Å². The summed E-state index contributed by atoms with van der Waals surface area (Å²) in [6.45, 7) is 5.51. The molecule has 0 saturated carbocycles. The Labute approximate surface area is 157 Å². The van der Waals surface area contributed by atoms with Crippen molar-refractivity contribution >= 4 is 23.1 Å². The van der Waals surface area contributed by atoms with Crippen LogP contribution in [-0.4, -0.2) is 58.3 Å². The Kier molecular flexibility index (Phi) is 5.16. The van der Waals surface area contributed by atoms with Crippen LogP contribution in [0.5, 0.6) is 5.88 Å². The first-order valence-corrected chi connectivity index (χ1v) is 8.73. The molecular formula is C19H23N3O5. The summed E-state index contributed by atoms with van der Waals surface area (Å²) in [6.07, 6.45) is 0.831. The fourth-order valence-corrected chi connectivity index (χ4v) is 2.93. The number of hydrogen-bond donors (Lipinski definition) is 0. The van der Waals surface area contributed by atoms with Gasteiger partial charge in [-0.2, -0.15) is 0 Å². The normalized spacial score (nSPS) is 19.8. The number of carbonyl (C=O) groups is 2. The minimum Gasteiger partial charge on any atom is -0.471 e. The van der Waals surface area contributed by atoms with Gasteiger partial charge in [-0.05, 0) is 32.9 Å². The van der Waals surface area contributed by atoms with Gasteiger partial charge in [0.1, 0.15) is 17.7 Å². The van der Waals surface area contributed by atoms with Crippen LogP contribution in [0.2, 0.25) is 0 Å². The molecule has 2 heterocycles. The van der Waals surface area contributed by atoms with E-state index < -0.39 is 29.8 Å². The van der Waals surface area contributed by atoms with Crippen molar-refractivity contribution in [3.8, 4) is 5.88 Å². The van der Waals surface area contributed by atoms with Crippen molar-refractivity contribution in [1.29, 1.82) is 0 Å². The maximum Gasteiger partial charge on any atom is 0.411 e. The fraction of sp³-hybridized carbons (Fsp3) is 0.474. The number of rotatable bonds is 3. The van der Waals surface area contributed by atoms with Gasteiger partial charge in [0.15, 0.2) is 0 Å². The van der Waals surface area contributed by atoms with E-state index >= 15 is 0 Å². The Bertz CT molecular complexity index is 849. The summed E-state index contributed by atoms with van der Waals surface area (Å²) >= 11 is 0. The van der Waals surface area contributed by atoms with Crippen molar-refractivity contribution in [2.24, 2.45) is 0 Å². The molecule has 27 heavy (non-hydrogen) atoms. The van der Waals surface area contributed by atoms with Gasteiger partial charge in [-0.3, -0.25) is 4.90 Å². The Morgan fingerprint density at radius 1 is 1.19 bits per heavy atom. The molecule has 8 nitrogen and oxygen atoms in total. The molecule has 2 aromatic rings. The van der Waals surface area contributed by atoms with E-state index in [4.69, 9.17) is 14.2 Å². The van der Waals surface area contributed by atoms with Crippen molar-refractivity contribution in [3.63, 3.8) is 0 Å². The zero-order valence-corrected chi connectivity index (χ0v) is 15.8. The van der Waals surface area contributed by atoms with Crippen LogP contribution in [0.25, 0.3) is 11.0 Å². The summed E-state index contributed by atoms with van der Waals surface area (Å²) in [4.78, 5) is 34.7. The lowest BCUT2D eigenvalue weighted by molar-refractivity contribution is -0.145. The first-order valence-electron chi connectivity index (χ1n) is 8.73. The van der Waals surface area contributed by atoms with Crippen LogP contribution in [0.4, 0.5) is 4.79 Å². The molecule has 0 spiro atoms. The van der Waals surface area contributed by atoms with Gasteiger partial charge in [0.25, 0.3) is 0 Å². The number of fused-ring (bicyclic) bond motifs is 1. The van der Waals surface area contributed by atoms with E-state index in [0.29, 0.717) is 17.8 Å². The summed E-state index contributed by atoms with van der Waals surface area (Å²) < 4.78 is 16.1. The molecule has 144 valence electrons. The van der Waals surface area contributed by atoms with Crippen molar-refractivity contribution < 1.29 is 23.8 Å². The number of carbonyl (C=O) groups excluding carboxylic acids is 2. The Balaban J connectivity index is 1.76. The summed E-state index contributed by atoms with van der Waals surface area (Å²) in [5.74, 6) is -0.162. The monoisotopic (exact) mass is 373 g/mol. The minimum absolute atomic E-state index is 0.198. The lowest BCUT2D eigenvalue weighted by Gasteiger charge is -2.27. The van der Waals surface area contributed by atoms with E-state index in [9.17, 15) is 9.59 Å². The SMILES string of the molecule is COC(=O)[C@@H]1C[C@@H](Oc2cnc3ccccc3n2)CN1C(=O)OC(C)(C)C. The standard InChI is InChI=1S/C19H23N3O5/c1-19(2,3)27-18(24)22-11-12(9-15(22)17(23)25-4)26-16-10-20-13-7-5-6-8-14(13)21-16/h5-8,10,12,15H,9,11H2,1-4H3/t12-,15+/m1/s1. The Morgan fingerprint density at radius 2 is 1.89 bits per heavy atom. The van der Waals surface area contributed by atoms with Gasteiger partial charge < -0.3 is 14.2 Å². The predicted molar refractivity (Wildman–Crippen MR) is 97.3 cm³/mol. The number of benzene rings is 1. The lowest BCUT2D eigenvalue weighted by atomic mass is 10.2. The first-order chi connectivity index (χ1) is 12.8. The van der Waals surface area contributed by atoms with Crippen LogP contribution in [-0.2, 0) is 14.3 Å². The number of methoxy groups -OCH3 is 1. The molecule has 0 N–H and O–H groups in total. The van der Waals surface area contributed by atoms with Gasteiger partial charge in [0, 0.05) is 6.42 Å². The van der Waals surface area contributed by atoms with Crippen LogP contribution < -0.4 is 4.74 Å². The molecule has 1 aromatic carbocycles. The van der Waals surface area contributed by atoms with Gasteiger partial charge >= 0.3 is 12.1 Å². The molecule has 1 aromatic heterocycles. The topological polar surface area (TPSA) is 90.9 Å². The van der Waals surface area contributed by atoms with Crippen molar-refractivity contribution in [1.82, 2.24) is 14.9 Å². The second-order valence-corrected chi connectivity index (χ2v) is 7.34. The van der Waals surface area contributed by atoms with Crippen LogP contribution >= 0.6 is 0 Å². The van der Waals surface area contributed by atoms with Crippen LogP contribution in [0.15, 0.2) is 30.5 Å². The average molecular weight is 373 g/mol. The van der Waals surface area contributed by atoms with Gasteiger partial charge in [-0.25, -0.2) is 19.6 Å². The van der Waals surface area contributed by atoms with E-state index in [1.165, 1.54) is 18.2 Å². The zero-order chi connectivity index (χ0) is 19.6. The second kappa shape index (κ2) is 7.38. The van der Waals surface area contributed by atoms with Gasteiger partial charge in [0.05, 0.1) is 30.9 Å². The first kappa shape index (κ1) is 18.9. The third-order valence-electron chi connectivity index (χ3n) is 4.08. The number of nitrogens with zero attached hydrogens (tertiary/aromatic N) is 3. The minimum atomic E-state index is -0.761. The van der Waals surface area contributed by atoms with Crippen molar-refractivity contribution in [2.75, 3.05) is 13.7 Å². The number of esters is 1. The molecule has 1 amide bonds. The maximum atomic E-state index is 12.5. The quantitative estimate of drug-likeness (QED) is 0.764. The highest BCUT2D eigenvalue weighted by Gasteiger charge is 2.43. The second-order valence-electron chi connectivity index (χ2n) is 7.34. The maximum absolute atomic E-state index is 12.5. The van der Waals surface area contributed by atoms with E-state index in [-0.39, 0.29) is 6.54 Å². The predicted octanol–water partition coefficient (Wildman–Crippen LogP) is 2.56. The highest BCUT2D eigenvalue weighted by atomic mass is 16.6. The molecular weight excluding hydrogens is 350 g/mol. The highest BCUT2D eigenvalue weighted by molar-refractivity contribution is 5.82. The van der Waals surface area contributed by atoms with Crippen molar-refractivity contribution in [3.05, 3.63) is 30.5 Å². The lowest BCUT2D eigenvalue weighted by Crippen LogP contribution is -2.44. The molecule has 0 unspecified atom stereocenters. The average Bonchev–Trinajstić information content (AvgIpc) is 3.03. The smallest absolute Gasteiger partial charge is 0.411 e. The molecule has 1 aliphatic heterocycles. The summed E-state index contributed by atoms with van der Waals surface area (Å²) in [5, 5.41) is 0. The summed E-state index contributed by atoms with van der Waals surface area (Å²) in [7, 11) is 1.29. The number of hydrogen-bond acceptors (Lipinski definition) is 7. The number of para-hydroxylation sites is 2. The van der Waals surface area contributed by atoms with Gasteiger partial charge in [-0.15, -0.1) is 0 Å². The molecule has 0 bridgehead atoms. The van der Waals surface area contributed by atoms with E-state index in [0.717, 1.165) is 5.52 Å².